The second-order valence-electron chi connectivity index (χ2n) is 6.49. The van der Waals surface area contributed by atoms with Gasteiger partial charge in [0.1, 0.15) is 0 Å². The molecule has 1 N–H and O–H groups in total. The molecule has 0 amide bonds. The first-order valence-electron chi connectivity index (χ1n) is 8.47. The summed E-state index contributed by atoms with van der Waals surface area (Å²) in [5, 5.41) is 13.8. The van der Waals surface area contributed by atoms with Gasteiger partial charge in [-0.25, -0.2) is 4.68 Å². The molecule has 0 aliphatic heterocycles. The molecule has 3 aromatic rings. The van der Waals surface area contributed by atoms with Crippen LogP contribution in [0.1, 0.15) is 29.3 Å². The van der Waals surface area contributed by atoms with Gasteiger partial charge >= 0.3 is 0 Å². The predicted octanol–water partition coefficient (Wildman–Crippen LogP) is 4.14. The number of non-ortho nitro benzene ring substituents is 1. The Morgan fingerprint density at radius 3 is 2.33 bits per heavy atom. The third kappa shape index (κ3) is 3.57. The first-order valence-corrected chi connectivity index (χ1v) is 8.47. The molecule has 0 saturated heterocycles. The summed E-state index contributed by atoms with van der Waals surface area (Å²) in [5.41, 5.74) is 5.15. The fourth-order valence-electron chi connectivity index (χ4n) is 2.92. The van der Waals surface area contributed by atoms with Crippen LogP contribution in [0.25, 0.3) is 5.69 Å². The topological polar surface area (TPSA) is 93.3 Å². The third-order valence-electron chi connectivity index (χ3n) is 4.54. The quantitative estimate of drug-likeness (QED) is 0.428. The Morgan fingerprint density at radius 1 is 1.07 bits per heavy atom. The molecule has 0 fully saturated rings. The van der Waals surface area contributed by atoms with E-state index >= 15 is 0 Å². The number of benzene rings is 2. The lowest BCUT2D eigenvalue weighted by molar-refractivity contribution is -0.384. The zero-order valence-electron chi connectivity index (χ0n) is 15.6. The van der Waals surface area contributed by atoms with Crippen LogP contribution in [0.2, 0.25) is 0 Å². The minimum atomic E-state index is -0.474. The van der Waals surface area contributed by atoms with Gasteiger partial charge in [0.05, 0.1) is 27.6 Å². The van der Waals surface area contributed by atoms with Crippen molar-refractivity contribution in [3.63, 3.8) is 0 Å². The highest BCUT2D eigenvalue weighted by Gasteiger charge is 2.16. The first-order chi connectivity index (χ1) is 12.8. The molecule has 0 bridgehead atoms. The van der Waals surface area contributed by atoms with E-state index in [0.717, 1.165) is 11.3 Å². The maximum absolute atomic E-state index is 12.9. The first kappa shape index (κ1) is 18.3. The number of rotatable bonds is 4. The monoisotopic (exact) mass is 364 g/mol. The van der Waals surface area contributed by atoms with Gasteiger partial charge in [0.15, 0.2) is 0 Å². The summed E-state index contributed by atoms with van der Waals surface area (Å²) < 4.78 is 1.37. The minimum absolute atomic E-state index is 0.0252. The molecule has 0 aliphatic rings. The van der Waals surface area contributed by atoms with Crippen molar-refractivity contribution in [1.82, 2.24) is 9.78 Å². The SMILES string of the molecule is CC(=Nc1ccc(C)c(C)c1)c1c(C)[nH]n(-c2ccc([N+](=O)[O-])cc2)c1=O. The summed E-state index contributed by atoms with van der Waals surface area (Å²) in [6.45, 7) is 7.66. The molecule has 0 aliphatic carbocycles. The van der Waals surface area contributed by atoms with E-state index in [0.29, 0.717) is 22.7 Å². The number of aromatic nitrogens is 2. The molecule has 7 heteroatoms. The molecule has 27 heavy (non-hydrogen) atoms. The predicted molar refractivity (Wildman–Crippen MR) is 106 cm³/mol. The molecular weight excluding hydrogens is 344 g/mol. The van der Waals surface area contributed by atoms with E-state index < -0.39 is 4.92 Å². The molecule has 7 nitrogen and oxygen atoms in total. The van der Waals surface area contributed by atoms with Gasteiger partial charge in [0.25, 0.3) is 11.2 Å². The maximum Gasteiger partial charge on any atom is 0.280 e. The highest BCUT2D eigenvalue weighted by Crippen LogP contribution is 2.19. The van der Waals surface area contributed by atoms with Crippen molar-refractivity contribution in [3.8, 4) is 5.69 Å². The van der Waals surface area contributed by atoms with Crippen molar-refractivity contribution in [2.45, 2.75) is 27.7 Å². The van der Waals surface area contributed by atoms with Crippen molar-refractivity contribution in [1.29, 1.82) is 0 Å². The Morgan fingerprint density at radius 2 is 1.74 bits per heavy atom. The van der Waals surface area contributed by atoms with E-state index in [1.807, 2.05) is 32.0 Å². The van der Waals surface area contributed by atoms with Crippen molar-refractivity contribution in [3.05, 3.63) is 85.3 Å². The molecule has 0 radical (unpaired) electrons. The highest BCUT2D eigenvalue weighted by molar-refractivity contribution is 6.01. The van der Waals surface area contributed by atoms with E-state index in [-0.39, 0.29) is 11.2 Å². The number of nitro groups is 1. The number of H-pyrrole nitrogens is 1. The molecule has 0 atom stereocenters. The van der Waals surface area contributed by atoms with Crippen LogP contribution in [-0.4, -0.2) is 20.4 Å². The van der Waals surface area contributed by atoms with Crippen LogP contribution >= 0.6 is 0 Å². The number of aryl methyl sites for hydroxylation is 3. The normalized spacial score (nSPS) is 11.6. The van der Waals surface area contributed by atoms with Gasteiger partial charge in [0.2, 0.25) is 0 Å². The third-order valence-corrected chi connectivity index (χ3v) is 4.54. The lowest BCUT2D eigenvalue weighted by Crippen LogP contribution is -2.19. The van der Waals surface area contributed by atoms with E-state index in [4.69, 9.17) is 0 Å². The molecule has 1 heterocycles. The van der Waals surface area contributed by atoms with Gasteiger partial charge in [0, 0.05) is 17.8 Å². The fraction of sp³-hybridized carbons (Fsp3) is 0.200. The number of aromatic amines is 1. The Kier molecular flexibility index (Phi) is 4.77. The van der Waals surface area contributed by atoms with Gasteiger partial charge in [-0.05, 0) is 63.1 Å². The van der Waals surface area contributed by atoms with Crippen molar-refractivity contribution >= 4 is 17.1 Å². The van der Waals surface area contributed by atoms with Crippen LogP contribution in [-0.2, 0) is 0 Å². The second-order valence-corrected chi connectivity index (χ2v) is 6.49. The summed E-state index contributed by atoms with van der Waals surface area (Å²) >= 11 is 0. The molecule has 0 saturated carbocycles. The molecule has 0 spiro atoms. The summed E-state index contributed by atoms with van der Waals surface area (Å²) in [4.78, 5) is 27.8. The second kappa shape index (κ2) is 7.03. The van der Waals surface area contributed by atoms with Crippen LogP contribution in [0.15, 0.2) is 52.3 Å². The van der Waals surface area contributed by atoms with E-state index in [9.17, 15) is 14.9 Å². The molecule has 0 unspecified atom stereocenters. The number of hydrogen-bond donors (Lipinski definition) is 1. The summed E-state index contributed by atoms with van der Waals surface area (Å²) in [6.07, 6.45) is 0. The molecule has 2 aromatic carbocycles. The number of nitrogens with zero attached hydrogens (tertiary/aromatic N) is 3. The highest BCUT2D eigenvalue weighted by atomic mass is 16.6. The average molecular weight is 364 g/mol. The Labute approximate surface area is 156 Å². The largest absolute Gasteiger partial charge is 0.295 e. The van der Waals surface area contributed by atoms with Gasteiger partial charge in [-0.15, -0.1) is 0 Å². The smallest absolute Gasteiger partial charge is 0.280 e. The maximum atomic E-state index is 12.9. The summed E-state index contributed by atoms with van der Waals surface area (Å²) in [6, 6.07) is 11.7. The number of hydrogen-bond acceptors (Lipinski definition) is 4. The number of nitro benzene ring substituents is 1. The van der Waals surface area contributed by atoms with Crippen molar-refractivity contribution in [2.75, 3.05) is 0 Å². The van der Waals surface area contributed by atoms with Crippen LogP contribution in [0, 0.1) is 30.9 Å². The Bertz CT molecular complexity index is 1110. The molecule has 3 rings (SSSR count). The Hall–Kier alpha value is -3.48. The van der Waals surface area contributed by atoms with Gasteiger partial charge in [-0.2, -0.15) is 0 Å². The van der Waals surface area contributed by atoms with Gasteiger partial charge < -0.3 is 0 Å². The fourth-order valence-corrected chi connectivity index (χ4v) is 2.92. The number of aliphatic imine (C=N–C) groups is 1. The van der Waals surface area contributed by atoms with Crippen LogP contribution in [0.5, 0.6) is 0 Å². The van der Waals surface area contributed by atoms with Crippen molar-refractivity contribution < 1.29 is 4.92 Å². The van der Waals surface area contributed by atoms with Gasteiger partial charge in [-0.1, -0.05) is 6.07 Å². The molecule has 138 valence electrons. The van der Waals surface area contributed by atoms with Crippen LogP contribution < -0.4 is 5.56 Å². The standard InChI is InChI=1S/C20H20N4O3/c1-12-5-6-16(11-13(12)2)21-14(3)19-15(4)22-23(20(19)25)17-7-9-18(10-8-17)24(26)27/h5-11,22H,1-4H3. The average Bonchev–Trinajstić information content (AvgIpc) is 2.92. The van der Waals surface area contributed by atoms with Crippen LogP contribution in [0.3, 0.4) is 0 Å². The lowest BCUT2D eigenvalue weighted by Gasteiger charge is -2.03. The molecule has 1 aromatic heterocycles. The zero-order valence-corrected chi connectivity index (χ0v) is 15.6. The van der Waals surface area contributed by atoms with Crippen molar-refractivity contribution in [2.24, 2.45) is 4.99 Å². The number of nitrogens with one attached hydrogen (secondary N) is 1. The lowest BCUT2D eigenvalue weighted by atomic mass is 10.1. The van der Waals surface area contributed by atoms with E-state index in [2.05, 4.69) is 10.1 Å². The van der Waals surface area contributed by atoms with E-state index in [1.165, 1.54) is 34.5 Å². The zero-order chi connectivity index (χ0) is 19.7. The molecular formula is C20H20N4O3. The van der Waals surface area contributed by atoms with Crippen LogP contribution in [0.4, 0.5) is 11.4 Å². The Balaban J connectivity index is 2.02. The van der Waals surface area contributed by atoms with Gasteiger partial charge in [-0.3, -0.25) is 25.0 Å². The summed E-state index contributed by atoms with van der Waals surface area (Å²) in [5.74, 6) is 0. The van der Waals surface area contributed by atoms with E-state index in [1.54, 1.807) is 13.8 Å². The minimum Gasteiger partial charge on any atom is -0.295 e. The summed E-state index contributed by atoms with van der Waals surface area (Å²) in [7, 11) is 0.